The van der Waals surface area contributed by atoms with E-state index in [1.54, 1.807) is 12.3 Å². The summed E-state index contributed by atoms with van der Waals surface area (Å²) >= 11 is 1.49. The average molecular weight is 580 g/mol. The minimum Gasteiger partial charge on any atom is -0.255 e. The summed E-state index contributed by atoms with van der Waals surface area (Å²) in [6.45, 7) is 15.7. The number of aromatic nitrogens is 1. The third kappa shape index (κ3) is 4.19. The van der Waals surface area contributed by atoms with Crippen molar-refractivity contribution >= 4 is 58.4 Å². The molecule has 0 N–H and O–H groups in total. The van der Waals surface area contributed by atoms with Crippen LogP contribution in [0.25, 0.3) is 42.2 Å². The second-order valence-electron chi connectivity index (χ2n) is 13.0. The molecule has 0 radical (unpaired) electrons. The van der Waals surface area contributed by atoms with Gasteiger partial charge in [0, 0.05) is 27.2 Å². The van der Waals surface area contributed by atoms with E-state index in [-0.39, 0.29) is 0 Å². The van der Waals surface area contributed by atoms with Crippen molar-refractivity contribution in [3.63, 3.8) is 0 Å². The lowest BCUT2D eigenvalue weighted by atomic mass is 9.92. The van der Waals surface area contributed by atoms with Gasteiger partial charge in [0.1, 0.15) is 0 Å². The van der Waals surface area contributed by atoms with Crippen LogP contribution < -0.4 is 0 Å². The minimum absolute atomic E-state index is 0.323. The lowest BCUT2D eigenvalue weighted by Gasteiger charge is -2.53. The summed E-state index contributed by atoms with van der Waals surface area (Å²) in [6.07, 6.45) is -2.53. The van der Waals surface area contributed by atoms with Crippen molar-refractivity contribution < 1.29 is 13.2 Å². The Morgan fingerprint density at radius 1 is 0.744 bits per heavy atom. The molecule has 5 rings (SSSR count). The molecule has 0 spiro atoms. The average Bonchev–Trinajstić information content (AvgIpc) is 3.20. The van der Waals surface area contributed by atoms with Gasteiger partial charge >= 0.3 is 6.18 Å². The zero-order chi connectivity index (χ0) is 28.5. The Hall–Kier alpha value is -2.49. The van der Waals surface area contributed by atoms with Gasteiger partial charge in [0.05, 0.1) is 31.2 Å². The smallest absolute Gasteiger partial charge is 0.255 e. The highest BCUT2D eigenvalue weighted by Gasteiger charge is 2.69. The van der Waals surface area contributed by atoms with Gasteiger partial charge in [0.2, 0.25) is 0 Å². The lowest BCUT2D eigenvalue weighted by molar-refractivity contribution is -0.148. The van der Waals surface area contributed by atoms with Crippen LogP contribution in [-0.2, 0) is 4.66 Å². The summed E-state index contributed by atoms with van der Waals surface area (Å²) in [6, 6.07) is 20.3. The molecular formula is C32H36F3NSSi2. The van der Waals surface area contributed by atoms with E-state index in [0.717, 1.165) is 36.8 Å². The second-order valence-corrected chi connectivity index (χ2v) is 25.0. The van der Waals surface area contributed by atoms with Crippen molar-refractivity contribution in [2.75, 3.05) is 0 Å². The SMILES string of the molecule is CC(C)c1cc(-c2nccc3c2sc2c(C(C(F)(F)F)([Si](C)(C)C)[Si](C)(C)C)cccc23)cc2ccccc12. The molecule has 0 unspecified atom stereocenters. The summed E-state index contributed by atoms with van der Waals surface area (Å²) in [5.74, 6) is 0.323. The van der Waals surface area contributed by atoms with E-state index in [1.807, 2.05) is 63.5 Å². The number of hydrogen-bond acceptors (Lipinski definition) is 2. The first kappa shape index (κ1) is 28.1. The van der Waals surface area contributed by atoms with Gasteiger partial charge in [-0.05, 0) is 46.0 Å². The molecule has 3 aromatic carbocycles. The molecule has 0 aliphatic carbocycles. The quantitative estimate of drug-likeness (QED) is 0.189. The standard InChI is InChI=1S/C32H36F3NSSi2/c1-20(2)26-19-22(18-21-12-9-10-13-23(21)26)28-30-25(16-17-36-28)24-14-11-15-27(29(24)37-30)31(32(33,34)35,38(3,4)5)39(6,7)8/h9-20H,1-8H3. The Morgan fingerprint density at radius 3 is 1.97 bits per heavy atom. The van der Waals surface area contributed by atoms with Gasteiger partial charge in [-0.1, -0.05) is 95.6 Å². The van der Waals surface area contributed by atoms with Crippen LogP contribution in [0.5, 0.6) is 0 Å². The summed E-state index contributed by atoms with van der Waals surface area (Å²) < 4.78 is 46.4. The maximum Gasteiger partial charge on any atom is 0.393 e. The van der Waals surface area contributed by atoms with Crippen molar-refractivity contribution in [1.29, 1.82) is 0 Å². The fraction of sp³-hybridized carbons (Fsp3) is 0.344. The minimum atomic E-state index is -4.34. The highest BCUT2D eigenvalue weighted by atomic mass is 32.1. The molecule has 2 heterocycles. The van der Waals surface area contributed by atoms with Crippen LogP contribution in [0.4, 0.5) is 13.2 Å². The van der Waals surface area contributed by atoms with Crippen molar-refractivity contribution in [1.82, 2.24) is 4.98 Å². The van der Waals surface area contributed by atoms with Crippen LogP contribution >= 0.6 is 11.3 Å². The highest BCUT2D eigenvalue weighted by molar-refractivity contribution is 7.26. The predicted molar refractivity (Wildman–Crippen MR) is 169 cm³/mol. The van der Waals surface area contributed by atoms with E-state index in [0.29, 0.717) is 11.5 Å². The molecule has 39 heavy (non-hydrogen) atoms. The summed E-state index contributed by atoms with van der Waals surface area (Å²) in [5.41, 5.74) is 3.57. The predicted octanol–water partition coefficient (Wildman–Crippen LogP) is 10.9. The molecule has 0 atom stereocenters. The van der Waals surface area contributed by atoms with Crippen LogP contribution in [0.15, 0.2) is 66.9 Å². The maximum absolute atomic E-state index is 15.5. The molecule has 0 fully saturated rings. The first-order valence-corrected chi connectivity index (χ1v) is 21.3. The number of nitrogens with zero attached hydrogens (tertiary/aromatic N) is 1. The van der Waals surface area contributed by atoms with Gasteiger partial charge in [-0.15, -0.1) is 11.3 Å². The van der Waals surface area contributed by atoms with Crippen LogP contribution in [0, 0.1) is 0 Å². The summed E-state index contributed by atoms with van der Waals surface area (Å²) in [4.78, 5) is 4.82. The zero-order valence-electron chi connectivity index (χ0n) is 23.9. The van der Waals surface area contributed by atoms with Crippen LogP contribution in [0.3, 0.4) is 0 Å². The number of halogens is 3. The van der Waals surface area contributed by atoms with Gasteiger partial charge in [0.15, 0.2) is 0 Å². The molecule has 1 nitrogen and oxygen atoms in total. The van der Waals surface area contributed by atoms with E-state index in [4.69, 9.17) is 4.98 Å². The Bertz CT molecular complexity index is 1670. The van der Waals surface area contributed by atoms with Crippen molar-refractivity contribution in [2.24, 2.45) is 0 Å². The lowest BCUT2D eigenvalue weighted by Crippen LogP contribution is -2.71. The van der Waals surface area contributed by atoms with E-state index in [9.17, 15) is 0 Å². The zero-order valence-corrected chi connectivity index (χ0v) is 26.7. The molecule has 0 aliphatic heterocycles. The third-order valence-electron chi connectivity index (χ3n) is 8.28. The van der Waals surface area contributed by atoms with Crippen molar-refractivity contribution in [3.8, 4) is 11.3 Å². The number of pyridine rings is 1. The van der Waals surface area contributed by atoms with Gasteiger partial charge in [-0.3, -0.25) is 4.98 Å². The number of benzene rings is 3. The molecule has 0 amide bonds. The van der Waals surface area contributed by atoms with Gasteiger partial charge in [0.25, 0.3) is 0 Å². The van der Waals surface area contributed by atoms with Crippen LogP contribution in [-0.4, -0.2) is 27.3 Å². The number of fused-ring (bicyclic) bond motifs is 4. The topological polar surface area (TPSA) is 12.9 Å². The Kier molecular flexibility index (Phi) is 6.68. The van der Waals surface area contributed by atoms with E-state index >= 15 is 13.2 Å². The van der Waals surface area contributed by atoms with E-state index < -0.39 is 27.0 Å². The molecule has 0 saturated heterocycles. The highest BCUT2D eigenvalue weighted by Crippen LogP contribution is 2.56. The number of thiophene rings is 1. The molecule has 5 aromatic rings. The fourth-order valence-corrected chi connectivity index (χ4v) is 21.4. The van der Waals surface area contributed by atoms with Crippen LogP contribution in [0.1, 0.15) is 30.9 Å². The molecule has 2 aromatic heterocycles. The molecule has 0 aliphatic rings. The normalized spacial score (nSPS) is 13.7. The van der Waals surface area contributed by atoms with Crippen molar-refractivity contribution in [3.05, 3.63) is 78.0 Å². The Balaban J connectivity index is 1.89. The number of rotatable bonds is 5. The fourth-order valence-electron chi connectivity index (χ4n) is 7.12. The van der Waals surface area contributed by atoms with Gasteiger partial charge in [-0.25, -0.2) is 0 Å². The maximum atomic E-state index is 15.5. The number of alkyl halides is 3. The molecular weight excluding hydrogens is 544 g/mol. The Labute approximate surface area is 235 Å². The summed E-state index contributed by atoms with van der Waals surface area (Å²) in [7, 11) is -5.63. The number of hydrogen-bond donors (Lipinski definition) is 0. The van der Waals surface area contributed by atoms with E-state index in [1.165, 1.54) is 22.3 Å². The van der Waals surface area contributed by atoms with Crippen molar-refractivity contribution in [2.45, 2.75) is 69.9 Å². The first-order chi connectivity index (χ1) is 18.1. The molecule has 0 bridgehead atoms. The third-order valence-corrected chi connectivity index (χ3v) is 19.6. The molecule has 204 valence electrons. The second kappa shape index (κ2) is 9.28. The van der Waals surface area contributed by atoms with Gasteiger partial charge < -0.3 is 0 Å². The molecule has 7 heteroatoms. The largest absolute Gasteiger partial charge is 0.393 e. The monoisotopic (exact) mass is 579 g/mol. The first-order valence-electron chi connectivity index (χ1n) is 13.5. The Morgan fingerprint density at radius 2 is 1.36 bits per heavy atom. The van der Waals surface area contributed by atoms with Crippen LogP contribution in [0.2, 0.25) is 39.3 Å². The molecule has 0 saturated carbocycles. The summed E-state index contributed by atoms with van der Waals surface area (Å²) in [5, 5.41) is 4.24. The van der Waals surface area contributed by atoms with Gasteiger partial charge in [-0.2, -0.15) is 13.2 Å². The van der Waals surface area contributed by atoms with E-state index in [2.05, 4.69) is 44.2 Å².